The molecule has 11 heteroatoms. The van der Waals surface area contributed by atoms with Gasteiger partial charge < -0.3 is 9.84 Å². The van der Waals surface area contributed by atoms with Gasteiger partial charge in [0.15, 0.2) is 0 Å². The van der Waals surface area contributed by atoms with Crippen LogP contribution in [0.4, 0.5) is 4.79 Å². The van der Waals surface area contributed by atoms with Crippen LogP contribution in [0, 0.1) is 0 Å². The second-order valence-electron chi connectivity index (χ2n) is 5.68. The molecular formula is C17H14ClN3O5S2. The van der Waals surface area contributed by atoms with Crippen LogP contribution >= 0.6 is 34.9 Å². The summed E-state index contributed by atoms with van der Waals surface area (Å²) in [6.07, 6.45) is 1.75. The largest absolute Gasteiger partial charge is 0.487 e. The van der Waals surface area contributed by atoms with E-state index < -0.39 is 17.1 Å². The van der Waals surface area contributed by atoms with E-state index in [0.717, 1.165) is 33.8 Å². The molecule has 0 saturated carbocycles. The van der Waals surface area contributed by atoms with Crippen LogP contribution in [0.25, 0.3) is 6.08 Å². The molecule has 0 aliphatic carbocycles. The second kappa shape index (κ2) is 9.18. The molecule has 8 nitrogen and oxygen atoms in total. The summed E-state index contributed by atoms with van der Waals surface area (Å²) < 4.78 is 9.80. The Labute approximate surface area is 173 Å². The second-order valence-corrected chi connectivity index (χ2v) is 8.03. The Bertz CT molecular complexity index is 929. The highest BCUT2D eigenvalue weighted by atomic mass is 35.5. The van der Waals surface area contributed by atoms with Crippen molar-refractivity contribution in [2.24, 2.45) is 0 Å². The van der Waals surface area contributed by atoms with Crippen molar-refractivity contribution in [3.8, 4) is 5.75 Å². The van der Waals surface area contributed by atoms with Gasteiger partial charge in [0.05, 0.1) is 4.91 Å². The van der Waals surface area contributed by atoms with Crippen molar-refractivity contribution < 1.29 is 24.2 Å². The van der Waals surface area contributed by atoms with Gasteiger partial charge in [-0.3, -0.25) is 19.3 Å². The summed E-state index contributed by atoms with van der Waals surface area (Å²) in [7, 11) is 0. The lowest BCUT2D eigenvalue weighted by Crippen LogP contribution is -2.29. The molecule has 2 aromatic rings. The molecule has 1 N–H and O–H groups in total. The molecule has 1 aromatic carbocycles. The zero-order chi connectivity index (χ0) is 20.1. The number of hydrogen-bond acceptors (Lipinski definition) is 8. The third-order valence-corrected chi connectivity index (χ3v) is 5.60. The van der Waals surface area contributed by atoms with Crippen molar-refractivity contribution in [2.75, 3.05) is 6.54 Å². The normalized spacial score (nSPS) is 15.5. The third kappa shape index (κ3) is 5.09. The topological polar surface area (TPSA) is 110 Å². The molecule has 1 saturated heterocycles. The van der Waals surface area contributed by atoms with E-state index >= 15 is 0 Å². The zero-order valence-corrected chi connectivity index (χ0v) is 16.7. The van der Waals surface area contributed by atoms with Gasteiger partial charge in [-0.25, -0.2) is 0 Å². The number of benzene rings is 1. The first-order valence-electron chi connectivity index (χ1n) is 8.11. The van der Waals surface area contributed by atoms with E-state index in [9.17, 15) is 14.4 Å². The number of hydrogen-bond donors (Lipinski definition) is 1. The first kappa shape index (κ1) is 20.3. The summed E-state index contributed by atoms with van der Waals surface area (Å²) >= 11 is 7.85. The quantitative estimate of drug-likeness (QED) is 0.620. The Hall–Kier alpha value is -2.43. The predicted octanol–water partition coefficient (Wildman–Crippen LogP) is 3.67. The van der Waals surface area contributed by atoms with Crippen molar-refractivity contribution in [3.63, 3.8) is 0 Å². The summed E-state index contributed by atoms with van der Waals surface area (Å²) in [6, 6.07) is 6.98. The SMILES string of the molecule is O=C(O)CCCN1C(=O)SC(=Cc2ccc(OCc3nnsc3Cl)cc2)C1=O. The molecule has 1 aromatic heterocycles. The summed E-state index contributed by atoms with van der Waals surface area (Å²) in [4.78, 5) is 36.3. The molecule has 1 aliphatic heterocycles. The van der Waals surface area contributed by atoms with Crippen LogP contribution in [-0.2, 0) is 16.2 Å². The highest BCUT2D eigenvalue weighted by molar-refractivity contribution is 8.18. The lowest BCUT2D eigenvalue weighted by Gasteiger charge is -2.10. The summed E-state index contributed by atoms with van der Waals surface area (Å²) in [5, 5.41) is 12.1. The van der Waals surface area contributed by atoms with Crippen LogP contribution in [0.5, 0.6) is 5.75 Å². The lowest BCUT2D eigenvalue weighted by atomic mass is 10.2. The Morgan fingerprint density at radius 1 is 1.29 bits per heavy atom. The zero-order valence-electron chi connectivity index (χ0n) is 14.3. The molecule has 0 radical (unpaired) electrons. The molecule has 0 atom stereocenters. The fraction of sp³-hybridized carbons (Fsp3) is 0.235. The minimum atomic E-state index is -0.960. The summed E-state index contributed by atoms with van der Waals surface area (Å²) in [5.41, 5.74) is 1.30. The number of halogens is 1. The van der Waals surface area contributed by atoms with Crippen LogP contribution in [0.3, 0.4) is 0 Å². The number of thioether (sulfide) groups is 1. The fourth-order valence-corrected chi connectivity index (χ4v) is 3.79. The molecule has 0 spiro atoms. The Kier molecular flexibility index (Phi) is 6.65. The van der Waals surface area contributed by atoms with E-state index in [1.165, 1.54) is 0 Å². The molecule has 146 valence electrons. The van der Waals surface area contributed by atoms with Gasteiger partial charge in [0.2, 0.25) is 0 Å². The van der Waals surface area contributed by atoms with Gasteiger partial charge in [-0.1, -0.05) is 28.2 Å². The fourth-order valence-electron chi connectivity index (χ4n) is 2.33. The molecule has 2 heterocycles. The van der Waals surface area contributed by atoms with Gasteiger partial charge in [-0.15, -0.1) is 5.10 Å². The van der Waals surface area contributed by atoms with E-state index in [4.69, 9.17) is 21.4 Å². The summed E-state index contributed by atoms with van der Waals surface area (Å²) in [6.45, 7) is 0.291. The maximum absolute atomic E-state index is 12.3. The number of amides is 2. The van der Waals surface area contributed by atoms with E-state index in [-0.39, 0.29) is 26.0 Å². The molecule has 0 bridgehead atoms. The number of rotatable bonds is 8. The maximum atomic E-state index is 12.3. The van der Waals surface area contributed by atoms with Gasteiger partial charge in [0.25, 0.3) is 11.1 Å². The molecule has 28 heavy (non-hydrogen) atoms. The van der Waals surface area contributed by atoms with Gasteiger partial charge in [0.1, 0.15) is 22.4 Å². The number of ether oxygens (including phenoxy) is 1. The number of carboxylic acid groups (broad SMARTS) is 1. The Balaban J connectivity index is 1.60. The average Bonchev–Trinajstić information content (AvgIpc) is 3.18. The molecule has 2 amide bonds. The minimum absolute atomic E-state index is 0.0924. The van der Waals surface area contributed by atoms with Crippen LogP contribution in [0.1, 0.15) is 24.1 Å². The molecule has 0 unspecified atom stereocenters. The van der Waals surface area contributed by atoms with E-state index in [0.29, 0.717) is 20.7 Å². The number of imide groups is 1. The van der Waals surface area contributed by atoms with Gasteiger partial charge >= 0.3 is 5.97 Å². The predicted molar refractivity (Wildman–Crippen MR) is 105 cm³/mol. The van der Waals surface area contributed by atoms with E-state index in [1.54, 1.807) is 30.3 Å². The highest BCUT2D eigenvalue weighted by Crippen LogP contribution is 2.32. The third-order valence-electron chi connectivity index (χ3n) is 3.71. The summed E-state index contributed by atoms with van der Waals surface area (Å²) in [5.74, 6) is -0.771. The van der Waals surface area contributed by atoms with Crippen molar-refractivity contribution in [3.05, 3.63) is 44.8 Å². The Morgan fingerprint density at radius 3 is 2.68 bits per heavy atom. The number of nitrogens with zero attached hydrogens (tertiary/aromatic N) is 3. The minimum Gasteiger partial charge on any atom is -0.487 e. The smallest absolute Gasteiger partial charge is 0.303 e. The van der Waals surface area contributed by atoms with Gasteiger partial charge in [-0.05, 0) is 42.0 Å². The van der Waals surface area contributed by atoms with Crippen molar-refractivity contribution in [1.29, 1.82) is 0 Å². The maximum Gasteiger partial charge on any atom is 0.303 e. The lowest BCUT2D eigenvalue weighted by molar-refractivity contribution is -0.137. The van der Waals surface area contributed by atoms with Crippen molar-refractivity contribution in [1.82, 2.24) is 14.5 Å². The standard InChI is InChI=1S/C17H14ClN3O5S2/c18-15-12(19-20-28-15)9-26-11-5-3-10(4-6-11)8-13-16(24)21(17(25)27-13)7-1-2-14(22)23/h3-6,8H,1-2,7,9H2,(H,22,23). The molecular weight excluding hydrogens is 426 g/mol. The molecule has 1 aliphatic rings. The van der Waals surface area contributed by atoms with E-state index in [1.807, 2.05) is 0 Å². The van der Waals surface area contributed by atoms with E-state index in [2.05, 4.69) is 9.59 Å². The number of carbonyl (C=O) groups is 3. The van der Waals surface area contributed by atoms with Gasteiger partial charge in [0, 0.05) is 24.5 Å². The number of carboxylic acids is 1. The Morgan fingerprint density at radius 2 is 2.04 bits per heavy atom. The highest BCUT2D eigenvalue weighted by Gasteiger charge is 2.34. The van der Waals surface area contributed by atoms with Crippen molar-refractivity contribution >= 4 is 58.1 Å². The monoisotopic (exact) mass is 439 g/mol. The van der Waals surface area contributed by atoms with Crippen molar-refractivity contribution in [2.45, 2.75) is 19.4 Å². The van der Waals surface area contributed by atoms with Crippen LogP contribution in [-0.4, -0.2) is 43.3 Å². The molecule has 1 fully saturated rings. The number of aliphatic carboxylic acids is 1. The van der Waals surface area contributed by atoms with Crippen LogP contribution in [0.15, 0.2) is 29.2 Å². The average molecular weight is 440 g/mol. The number of carbonyl (C=O) groups excluding carboxylic acids is 2. The number of aromatic nitrogens is 2. The first-order valence-corrected chi connectivity index (χ1v) is 10.1. The van der Waals surface area contributed by atoms with Gasteiger partial charge in [-0.2, -0.15) is 0 Å². The van der Waals surface area contributed by atoms with Crippen LogP contribution in [0.2, 0.25) is 4.34 Å². The first-order chi connectivity index (χ1) is 13.4. The van der Waals surface area contributed by atoms with Crippen LogP contribution < -0.4 is 4.74 Å². The molecule has 3 rings (SSSR count).